The Hall–Kier alpha value is -7.90. The molecule has 0 saturated carbocycles. The predicted octanol–water partition coefficient (Wildman–Crippen LogP) is 15.4. The summed E-state index contributed by atoms with van der Waals surface area (Å²) in [5.74, 6) is 0. The fraction of sp³-hybridized carbons (Fsp3) is 0.265. The lowest BCUT2D eigenvalue weighted by molar-refractivity contribution is -0.434. The van der Waals surface area contributed by atoms with Crippen LogP contribution in [0, 0.1) is 83.1 Å². The molecular weight excluding hydrogens is 1150 g/mol. The number of aryl methyl sites for hydroxylation is 12. The van der Waals surface area contributed by atoms with Crippen LogP contribution < -0.4 is 9.80 Å². The number of alkyl halides is 6. The second kappa shape index (κ2) is 25.6. The molecular formula is C68H70F6N4O6S2. The molecule has 0 spiro atoms. The summed E-state index contributed by atoms with van der Waals surface area (Å²) in [5.41, 5.74) is 14.0. The molecule has 0 saturated heterocycles. The molecule has 10 nitrogen and oxygen atoms in total. The molecule has 0 radical (unpaired) electrons. The Morgan fingerprint density at radius 3 is 0.733 bits per heavy atom. The van der Waals surface area contributed by atoms with Gasteiger partial charge in [-0.25, -0.2) is 35.8 Å². The van der Waals surface area contributed by atoms with Gasteiger partial charge in [-0.2, -0.15) is 26.3 Å². The van der Waals surface area contributed by atoms with Crippen molar-refractivity contribution in [3.63, 3.8) is 0 Å². The van der Waals surface area contributed by atoms with Gasteiger partial charge in [-0.05, 0) is 128 Å². The first kappa shape index (κ1) is 65.6. The van der Waals surface area contributed by atoms with Crippen LogP contribution >= 0.6 is 0 Å². The van der Waals surface area contributed by atoms with Crippen LogP contribution in [-0.4, -0.2) is 71.9 Å². The molecule has 2 aliphatic heterocycles. The summed E-state index contributed by atoms with van der Waals surface area (Å²) >= 11 is 0. The van der Waals surface area contributed by atoms with Gasteiger partial charge in [-0.3, -0.25) is 0 Å². The Bertz CT molecular complexity index is 3630. The zero-order chi connectivity index (χ0) is 63.5. The van der Waals surface area contributed by atoms with Crippen LogP contribution in [0.3, 0.4) is 0 Å². The minimum Gasteiger partial charge on any atom is -0.741 e. The summed E-state index contributed by atoms with van der Waals surface area (Å²) < 4.78 is 123. The molecule has 0 aromatic heterocycles. The number of rotatable bonds is 8. The molecule has 2 aliphatic rings. The Morgan fingerprint density at radius 1 is 0.360 bits per heavy atom. The molecule has 0 bridgehead atoms. The van der Waals surface area contributed by atoms with E-state index in [9.17, 15) is 26.3 Å². The van der Waals surface area contributed by atoms with Gasteiger partial charge < -0.3 is 9.11 Å². The Labute approximate surface area is 501 Å². The molecule has 452 valence electrons. The van der Waals surface area contributed by atoms with Crippen molar-refractivity contribution in [2.45, 2.75) is 105 Å². The predicted molar refractivity (Wildman–Crippen MR) is 328 cm³/mol. The smallest absolute Gasteiger partial charge is 0.485 e. The van der Waals surface area contributed by atoms with Crippen molar-refractivity contribution in [2.75, 3.05) is 22.9 Å². The summed E-state index contributed by atoms with van der Waals surface area (Å²) in [5, 5.41) is 0. The van der Waals surface area contributed by atoms with E-state index in [0.717, 1.165) is 13.1 Å². The highest BCUT2D eigenvalue weighted by Gasteiger charge is 2.55. The third-order valence-electron chi connectivity index (χ3n) is 15.3. The lowest BCUT2D eigenvalue weighted by Crippen LogP contribution is -2.46. The summed E-state index contributed by atoms with van der Waals surface area (Å²) in [6.45, 7) is 28.3. The highest BCUT2D eigenvalue weighted by molar-refractivity contribution is 7.86. The molecule has 2 heterocycles. The van der Waals surface area contributed by atoms with Gasteiger partial charge in [0.2, 0.25) is 12.7 Å². The second-order valence-electron chi connectivity index (χ2n) is 22.2. The van der Waals surface area contributed by atoms with Crippen molar-refractivity contribution in [1.29, 1.82) is 0 Å². The molecule has 0 amide bonds. The number of benzene rings is 8. The molecule has 8 aromatic rings. The van der Waals surface area contributed by atoms with Crippen molar-refractivity contribution in [3.8, 4) is 0 Å². The average Bonchev–Trinajstić information content (AvgIpc) is 1.56. The normalized spacial score (nSPS) is 14.7. The third-order valence-corrected chi connectivity index (χ3v) is 16.4. The average molecular weight is 1220 g/mol. The number of halogens is 6. The largest absolute Gasteiger partial charge is 0.741 e. The van der Waals surface area contributed by atoms with Crippen LogP contribution in [-0.2, 0) is 31.3 Å². The number of anilines is 2. The van der Waals surface area contributed by atoms with Gasteiger partial charge in [0, 0.05) is 22.3 Å². The quantitative estimate of drug-likeness (QED) is 0.0637. The van der Waals surface area contributed by atoms with Crippen LogP contribution in [0.2, 0.25) is 0 Å². The molecule has 0 aliphatic carbocycles. The van der Waals surface area contributed by atoms with Gasteiger partial charge in [0.05, 0.1) is 0 Å². The first-order valence-corrected chi connectivity index (χ1v) is 30.3. The monoisotopic (exact) mass is 1220 g/mol. The van der Waals surface area contributed by atoms with Crippen molar-refractivity contribution in [3.05, 3.63) is 259 Å². The maximum absolute atomic E-state index is 10.7. The number of hydrogen-bond donors (Lipinski definition) is 0. The number of hydrogen-bond acceptors (Lipinski definition) is 8. The van der Waals surface area contributed by atoms with Crippen LogP contribution in [0.5, 0.6) is 0 Å². The summed E-state index contributed by atoms with van der Waals surface area (Å²) in [7, 11) is -12.2. The molecule has 18 heteroatoms. The van der Waals surface area contributed by atoms with E-state index < -0.39 is 31.3 Å². The molecule has 0 atom stereocenters. The van der Waals surface area contributed by atoms with Crippen LogP contribution in [0.4, 0.5) is 49.1 Å². The number of nitrogens with zero attached hydrogens (tertiary/aromatic N) is 4. The summed E-state index contributed by atoms with van der Waals surface area (Å²) in [4.78, 5) is 5.08. The van der Waals surface area contributed by atoms with Crippen molar-refractivity contribution >= 4 is 55.7 Å². The second-order valence-corrected chi connectivity index (χ2v) is 24.9. The van der Waals surface area contributed by atoms with E-state index in [1.165, 1.54) is 112 Å². The standard InChI is InChI=1S/2C33H35N2.2CHF3O3S/c2*1-23-17-25(3)31(26(4)18-23)34-21-33(29-13-9-7-10-14-29,30-15-11-8-12-16-30)35(22-34)32-27(5)19-24(2)20-28(32)6;2*2-1(3,4)8(5,6)7/h2*7-20,22H,21H2,1-6H3;2*(H,5,6,7)/q2*+1;;/p-2. The molecule has 8 aromatic carbocycles. The highest BCUT2D eigenvalue weighted by Crippen LogP contribution is 2.48. The summed E-state index contributed by atoms with van der Waals surface area (Å²) in [6.07, 6.45) is 4.71. The fourth-order valence-corrected chi connectivity index (χ4v) is 12.4. The lowest BCUT2D eigenvalue weighted by atomic mass is 9.80. The molecule has 0 unspecified atom stereocenters. The van der Waals surface area contributed by atoms with Gasteiger partial charge in [0.25, 0.3) is 0 Å². The fourth-order valence-electron chi connectivity index (χ4n) is 12.4. The third kappa shape index (κ3) is 13.8. The van der Waals surface area contributed by atoms with Crippen LogP contribution in [0.15, 0.2) is 170 Å². The van der Waals surface area contributed by atoms with Crippen LogP contribution in [0.25, 0.3) is 0 Å². The SMILES string of the molecule is Cc1cc(C)c(N2C=[N+](c3c(C)cc(C)cc3C)CC2(c2ccccc2)c2ccccc2)c(C)c1.Cc1cc(C)c(N2C=[N+](c3c(C)cc(C)cc3C)CC2(c2ccccc2)c2ccccc2)c(C)c1.O=S(=O)([O-])C(F)(F)F.O=S(=O)([O-])C(F)(F)F. The minimum atomic E-state index is -6.09. The van der Waals surface area contributed by atoms with E-state index in [1.807, 2.05) is 0 Å². The van der Waals surface area contributed by atoms with E-state index in [1.54, 1.807) is 0 Å². The molecule has 86 heavy (non-hydrogen) atoms. The van der Waals surface area contributed by atoms with Crippen molar-refractivity contribution < 1.29 is 61.4 Å². The van der Waals surface area contributed by atoms with E-state index in [2.05, 4.69) is 285 Å². The minimum absolute atomic E-state index is 0.364. The Kier molecular flexibility index (Phi) is 19.5. The van der Waals surface area contributed by atoms with Crippen molar-refractivity contribution in [1.82, 2.24) is 0 Å². The Morgan fingerprint density at radius 2 is 0.547 bits per heavy atom. The Balaban J connectivity index is 0.000000197. The maximum Gasteiger partial charge on any atom is 0.485 e. The molecule has 10 rings (SSSR count). The van der Waals surface area contributed by atoms with Gasteiger partial charge in [-0.15, -0.1) is 0 Å². The maximum atomic E-state index is 10.7. The van der Waals surface area contributed by atoms with E-state index >= 15 is 0 Å². The topological polar surface area (TPSA) is 127 Å². The summed E-state index contributed by atoms with van der Waals surface area (Å²) in [6, 6.07) is 62.5. The van der Waals surface area contributed by atoms with Crippen LogP contribution in [0.1, 0.15) is 89.0 Å². The highest BCUT2D eigenvalue weighted by atomic mass is 32.2. The van der Waals surface area contributed by atoms with Gasteiger partial charge in [0.15, 0.2) is 31.3 Å². The zero-order valence-corrected chi connectivity index (χ0v) is 51.7. The van der Waals surface area contributed by atoms with E-state index in [-0.39, 0.29) is 11.1 Å². The van der Waals surface area contributed by atoms with Gasteiger partial charge in [0.1, 0.15) is 35.8 Å². The van der Waals surface area contributed by atoms with E-state index in [4.69, 9.17) is 25.9 Å². The van der Waals surface area contributed by atoms with Gasteiger partial charge in [-0.1, -0.05) is 192 Å². The zero-order valence-electron chi connectivity index (χ0n) is 50.1. The molecule has 0 fully saturated rings. The first-order valence-electron chi connectivity index (χ1n) is 27.5. The van der Waals surface area contributed by atoms with Crippen molar-refractivity contribution in [2.24, 2.45) is 0 Å². The van der Waals surface area contributed by atoms with Gasteiger partial charge >= 0.3 is 11.0 Å². The molecule has 0 N–H and O–H groups in total. The first-order chi connectivity index (χ1) is 40.1. The lowest BCUT2D eigenvalue weighted by Gasteiger charge is -2.34. The van der Waals surface area contributed by atoms with E-state index in [0.29, 0.717) is 0 Å².